The number of nitrogens with one attached hydrogen (secondary N) is 1. The molecule has 0 saturated carbocycles. The van der Waals surface area contributed by atoms with Crippen molar-refractivity contribution in [1.82, 2.24) is 15.1 Å². The van der Waals surface area contributed by atoms with Crippen LogP contribution in [-0.2, 0) is 0 Å². The molecule has 0 unspecified atom stereocenters. The van der Waals surface area contributed by atoms with Crippen LogP contribution in [0.15, 0.2) is 60.7 Å². The lowest BCUT2D eigenvalue weighted by atomic mass is 9.96. The van der Waals surface area contributed by atoms with Crippen LogP contribution in [0.3, 0.4) is 0 Å². The van der Waals surface area contributed by atoms with Crippen LogP contribution in [0.5, 0.6) is 0 Å². The van der Waals surface area contributed by atoms with Crippen molar-refractivity contribution in [2.75, 3.05) is 13.1 Å². The van der Waals surface area contributed by atoms with Gasteiger partial charge in [0.1, 0.15) is 5.69 Å². The molecule has 0 spiro atoms. The predicted molar refractivity (Wildman–Crippen MR) is 92.4 cm³/mol. The third-order valence-corrected chi connectivity index (χ3v) is 4.40. The Bertz CT molecular complexity index is 858. The molecule has 3 N–H and O–H groups in total. The van der Waals surface area contributed by atoms with Gasteiger partial charge >= 0.3 is 0 Å². The summed E-state index contributed by atoms with van der Waals surface area (Å²) < 4.78 is 0. The number of nitrogens with zero attached hydrogens (tertiary/aromatic N) is 2. The van der Waals surface area contributed by atoms with E-state index in [9.17, 15) is 4.79 Å². The number of fused-ring (bicyclic) bond motifs is 1. The minimum atomic E-state index is -0.161. The number of hydrogen-bond donors (Lipinski definition) is 2. The minimum absolute atomic E-state index is 0.0426. The van der Waals surface area contributed by atoms with Crippen molar-refractivity contribution in [3.63, 3.8) is 0 Å². The van der Waals surface area contributed by atoms with Crippen LogP contribution in [0.2, 0.25) is 0 Å². The Hall–Kier alpha value is -2.92. The maximum absolute atomic E-state index is 12.8. The van der Waals surface area contributed by atoms with Crippen molar-refractivity contribution in [3.05, 3.63) is 77.5 Å². The molecular formula is C19H18N4O. The zero-order valence-corrected chi connectivity index (χ0v) is 13.1. The number of benzene rings is 2. The number of rotatable bonds is 4. The average molecular weight is 318 g/mol. The normalized spacial score (nSPS) is 16.5. The first kappa shape index (κ1) is 14.7. The number of carbonyl (C=O) groups is 1. The third-order valence-electron chi connectivity index (χ3n) is 4.40. The van der Waals surface area contributed by atoms with Gasteiger partial charge in [0.15, 0.2) is 0 Å². The van der Waals surface area contributed by atoms with Gasteiger partial charge in [-0.2, -0.15) is 5.10 Å². The molecule has 0 bridgehead atoms. The molecule has 0 saturated heterocycles. The number of nitrogens with two attached hydrogens (primary N) is 1. The summed E-state index contributed by atoms with van der Waals surface area (Å²) in [7, 11) is 0. The van der Waals surface area contributed by atoms with Crippen LogP contribution in [0.4, 0.5) is 0 Å². The van der Waals surface area contributed by atoms with Gasteiger partial charge in [-0.3, -0.25) is 9.89 Å². The summed E-state index contributed by atoms with van der Waals surface area (Å²) in [5.41, 5.74) is 10.1. The number of amides is 1. The zero-order valence-electron chi connectivity index (χ0n) is 13.1. The summed E-state index contributed by atoms with van der Waals surface area (Å²) in [4.78, 5) is 14.6. The van der Waals surface area contributed by atoms with Gasteiger partial charge in [-0.15, -0.1) is 0 Å². The Morgan fingerprint density at radius 3 is 2.38 bits per heavy atom. The molecule has 1 aliphatic heterocycles. The van der Waals surface area contributed by atoms with E-state index in [1.54, 1.807) is 0 Å². The number of aromatic nitrogens is 2. The zero-order chi connectivity index (χ0) is 16.5. The second-order valence-electron chi connectivity index (χ2n) is 5.83. The molecule has 1 aromatic heterocycles. The first-order valence-corrected chi connectivity index (χ1v) is 8.01. The first-order valence-electron chi connectivity index (χ1n) is 8.01. The Kier molecular flexibility index (Phi) is 3.63. The van der Waals surface area contributed by atoms with Gasteiger partial charge in [-0.25, -0.2) is 0 Å². The Labute approximate surface area is 140 Å². The monoisotopic (exact) mass is 318 g/mol. The van der Waals surface area contributed by atoms with E-state index in [1.165, 1.54) is 0 Å². The van der Waals surface area contributed by atoms with Crippen molar-refractivity contribution in [1.29, 1.82) is 0 Å². The Morgan fingerprint density at radius 1 is 1.04 bits per heavy atom. The molecule has 24 heavy (non-hydrogen) atoms. The molecule has 0 aliphatic carbocycles. The van der Waals surface area contributed by atoms with Crippen molar-refractivity contribution in [3.8, 4) is 11.3 Å². The van der Waals surface area contributed by atoms with Crippen molar-refractivity contribution < 1.29 is 4.79 Å². The maximum Gasteiger partial charge on any atom is 0.273 e. The molecule has 2 heterocycles. The molecule has 1 aliphatic rings. The molecule has 1 atom stereocenters. The van der Waals surface area contributed by atoms with Crippen molar-refractivity contribution >= 4 is 5.91 Å². The standard InChI is InChI=1S/C19H18N4O/c20-11-12-23-18(14-9-5-2-6-10-14)15-16(13-7-3-1-4-8-13)21-22-17(15)19(23)24/h1-10,18H,11-12,20H2,(H,21,22)/t18-/m0/s1. The molecule has 5 heteroatoms. The van der Waals surface area contributed by atoms with Gasteiger partial charge < -0.3 is 10.6 Å². The fraction of sp³-hybridized carbons (Fsp3) is 0.158. The van der Waals surface area contributed by atoms with Gasteiger partial charge in [0.2, 0.25) is 0 Å². The fourth-order valence-corrected chi connectivity index (χ4v) is 3.36. The van der Waals surface area contributed by atoms with Gasteiger partial charge in [-0.05, 0) is 5.56 Å². The average Bonchev–Trinajstić information content (AvgIpc) is 3.17. The lowest BCUT2D eigenvalue weighted by Gasteiger charge is -2.25. The van der Waals surface area contributed by atoms with Crippen LogP contribution < -0.4 is 5.73 Å². The summed E-state index contributed by atoms with van der Waals surface area (Å²) in [6.07, 6.45) is 0. The second kappa shape index (κ2) is 5.94. The smallest absolute Gasteiger partial charge is 0.273 e. The summed E-state index contributed by atoms with van der Waals surface area (Å²) >= 11 is 0. The van der Waals surface area contributed by atoms with Crippen LogP contribution in [0, 0.1) is 0 Å². The minimum Gasteiger partial charge on any atom is -0.329 e. The molecule has 4 rings (SSSR count). The highest BCUT2D eigenvalue weighted by Gasteiger charge is 2.41. The Balaban J connectivity index is 1.90. The van der Waals surface area contributed by atoms with Gasteiger partial charge in [0, 0.05) is 24.2 Å². The molecular weight excluding hydrogens is 300 g/mol. The molecule has 2 aromatic carbocycles. The largest absolute Gasteiger partial charge is 0.329 e. The molecule has 120 valence electrons. The van der Waals surface area contributed by atoms with E-state index >= 15 is 0 Å². The number of hydrogen-bond acceptors (Lipinski definition) is 3. The molecule has 0 fully saturated rings. The summed E-state index contributed by atoms with van der Waals surface area (Å²) in [6, 6.07) is 19.8. The van der Waals surface area contributed by atoms with Gasteiger partial charge in [-0.1, -0.05) is 60.7 Å². The highest BCUT2D eigenvalue weighted by molar-refractivity contribution is 6.00. The highest BCUT2D eigenvalue weighted by Crippen LogP contribution is 2.42. The summed E-state index contributed by atoms with van der Waals surface area (Å²) in [5.74, 6) is -0.0426. The van der Waals surface area contributed by atoms with E-state index in [1.807, 2.05) is 65.6 Å². The van der Waals surface area contributed by atoms with E-state index in [0.717, 1.165) is 22.4 Å². The van der Waals surface area contributed by atoms with Crippen LogP contribution in [-0.4, -0.2) is 34.1 Å². The third kappa shape index (κ3) is 2.21. The van der Waals surface area contributed by atoms with Crippen LogP contribution in [0.25, 0.3) is 11.3 Å². The topological polar surface area (TPSA) is 75.0 Å². The second-order valence-corrected chi connectivity index (χ2v) is 5.83. The quantitative estimate of drug-likeness (QED) is 0.776. The van der Waals surface area contributed by atoms with Crippen LogP contribution in [0.1, 0.15) is 27.7 Å². The van der Waals surface area contributed by atoms with Gasteiger partial charge in [0.25, 0.3) is 5.91 Å². The lowest BCUT2D eigenvalue weighted by molar-refractivity contribution is 0.0749. The number of H-pyrrole nitrogens is 1. The van der Waals surface area contributed by atoms with E-state index < -0.39 is 0 Å². The SMILES string of the molecule is NCCN1C(=O)c2[nH]nc(-c3ccccc3)c2[C@@H]1c1ccccc1. The lowest BCUT2D eigenvalue weighted by Crippen LogP contribution is -2.34. The van der Waals surface area contributed by atoms with Gasteiger partial charge in [0.05, 0.1) is 11.7 Å². The Morgan fingerprint density at radius 2 is 1.71 bits per heavy atom. The number of carbonyl (C=O) groups excluding carboxylic acids is 1. The highest BCUT2D eigenvalue weighted by atomic mass is 16.2. The molecule has 3 aromatic rings. The molecule has 0 radical (unpaired) electrons. The first-order chi connectivity index (χ1) is 11.8. The fourth-order valence-electron chi connectivity index (χ4n) is 3.36. The number of aromatic amines is 1. The molecule has 1 amide bonds. The van der Waals surface area contributed by atoms with E-state index in [2.05, 4.69) is 10.2 Å². The van der Waals surface area contributed by atoms with E-state index in [-0.39, 0.29) is 11.9 Å². The van der Waals surface area contributed by atoms with Crippen molar-refractivity contribution in [2.24, 2.45) is 5.73 Å². The van der Waals surface area contributed by atoms with E-state index in [4.69, 9.17) is 5.73 Å². The predicted octanol–water partition coefficient (Wildman–Crippen LogP) is 2.58. The molecule has 5 nitrogen and oxygen atoms in total. The van der Waals surface area contributed by atoms with E-state index in [0.29, 0.717) is 18.8 Å². The summed E-state index contributed by atoms with van der Waals surface area (Å²) in [6.45, 7) is 0.933. The summed E-state index contributed by atoms with van der Waals surface area (Å²) in [5, 5.41) is 7.37. The van der Waals surface area contributed by atoms with Crippen molar-refractivity contribution in [2.45, 2.75) is 6.04 Å². The maximum atomic E-state index is 12.8. The van der Waals surface area contributed by atoms with Crippen LogP contribution >= 0.6 is 0 Å².